The van der Waals surface area contributed by atoms with Gasteiger partial charge in [-0.3, -0.25) is 9.59 Å². The quantitative estimate of drug-likeness (QED) is 0.333. The molecule has 0 radical (unpaired) electrons. The monoisotopic (exact) mass is 619 g/mol. The summed E-state index contributed by atoms with van der Waals surface area (Å²) in [6, 6.07) is 7.80. The number of methoxy groups -OCH3 is 1. The van der Waals surface area contributed by atoms with Gasteiger partial charge in [-0.25, -0.2) is 0 Å². The fourth-order valence-electron chi connectivity index (χ4n) is 13.0. The molecule has 0 spiro atoms. The van der Waals surface area contributed by atoms with E-state index < -0.39 is 0 Å². The van der Waals surface area contributed by atoms with Crippen LogP contribution < -0.4 is 10.1 Å². The number of ether oxygens (including phenoxy) is 2. The summed E-state index contributed by atoms with van der Waals surface area (Å²) in [5.74, 6) is 3.35. The Morgan fingerprint density at radius 2 is 1.31 bits per heavy atom. The highest BCUT2D eigenvalue weighted by atomic mass is 16.5. The van der Waals surface area contributed by atoms with E-state index in [4.69, 9.17) is 9.47 Å². The zero-order valence-electron chi connectivity index (χ0n) is 29.8. The summed E-state index contributed by atoms with van der Waals surface area (Å²) in [5, 5.41) is 3.36. The van der Waals surface area contributed by atoms with Crippen molar-refractivity contribution in [2.45, 2.75) is 139 Å². The third-order valence-corrected chi connectivity index (χ3v) is 14.8. The Morgan fingerprint density at radius 1 is 0.756 bits per heavy atom. The first-order valence-electron chi connectivity index (χ1n) is 18.1. The highest BCUT2D eigenvalue weighted by Gasteiger charge is 2.70. The van der Waals surface area contributed by atoms with Crippen LogP contribution in [0.2, 0.25) is 0 Å². The molecular weight excluding hydrogens is 558 g/mol. The maximum absolute atomic E-state index is 14.2. The first-order chi connectivity index (χ1) is 21.0. The minimum atomic E-state index is -0.257. The number of carbonyl (C=O) groups is 2. The van der Waals surface area contributed by atoms with Crippen molar-refractivity contribution in [3.8, 4) is 5.75 Å². The van der Waals surface area contributed by atoms with Crippen LogP contribution in [0.1, 0.15) is 132 Å². The molecule has 0 bridgehead atoms. The van der Waals surface area contributed by atoms with Crippen LogP contribution >= 0.6 is 0 Å². The summed E-state index contributed by atoms with van der Waals surface area (Å²) in [4.78, 5) is 27.2. The Balaban J connectivity index is 1.22. The topological polar surface area (TPSA) is 64.6 Å². The minimum Gasteiger partial charge on any atom is -0.497 e. The molecule has 5 saturated carbocycles. The zero-order valence-corrected chi connectivity index (χ0v) is 29.8. The van der Waals surface area contributed by atoms with E-state index in [2.05, 4.69) is 60.7 Å². The van der Waals surface area contributed by atoms with Gasteiger partial charge in [-0.05, 0) is 134 Å². The molecule has 6 rings (SSSR count). The summed E-state index contributed by atoms with van der Waals surface area (Å²) in [5.41, 5.74) is 1.25. The number of fused-ring (bicyclic) bond motifs is 7. The average Bonchev–Trinajstić information content (AvgIpc) is 3.41. The number of rotatable bonds is 5. The van der Waals surface area contributed by atoms with Crippen molar-refractivity contribution >= 4 is 17.6 Å². The SMILES string of the molecule is COc1ccc(NC(=O)C23CCCC2C2(C)CCC4C5(C)CCC(OC(=O)CC(C)(C)C)C(C)(C)C5CCC4(C)C2CC3)cc1. The van der Waals surface area contributed by atoms with Crippen molar-refractivity contribution in [3.63, 3.8) is 0 Å². The van der Waals surface area contributed by atoms with Gasteiger partial charge < -0.3 is 14.8 Å². The number of benzene rings is 1. The van der Waals surface area contributed by atoms with Crippen molar-refractivity contribution in [2.24, 2.45) is 56.2 Å². The van der Waals surface area contributed by atoms with E-state index in [1.165, 1.54) is 32.1 Å². The van der Waals surface area contributed by atoms with E-state index in [9.17, 15) is 9.59 Å². The van der Waals surface area contributed by atoms with Crippen LogP contribution in [0.5, 0.6) is 5.75 Å². The molecule has 9 atom stereocenters. The highest BCUT2D eigenvalue weighted by molar-refractivity contribution is 5.96. The van der Waals surface area contributed by atoms with Gasteiger partial charge >= 0.3 is 5.97 Å². The van der Waals surface area contributed by atoms with Crippen LogP contribution in [-0.2, 0) is 14.3 Å². The molecule has 0 saturated heterocycles. The highest BCUT2D eigenvalue weighted by Crippen LogP contribution is 2.76. The van der Waals surface area contributed by atoms with E-state index in [0.717, 1.165) is 50.0 Å². The molecule has 1 aromatic carbocycles. The van der Waals surface area contributed by atoms with Gasteiger partial charge in [0.1, 0.15) is 11.9 Å². The lowest BCUT2D eigenvalue weighted by Crippen LogP contribution is -2.66. The van der Waals surface area contributed by atoms with Crippen LogP contribution in [0, 0.1) is 56.2 Å². The van der Waals surface area contributed by atoms with E-state index >= 15 is 0 Å². The minimum absolute atomic E-state index is 0.00152. The molecule has 9 unspecified atom stereocenters. The lowest BCUT2D eigenvalue weighted by molar-refractivity contribution is -0.238. The van der Waals surface area contributed by atoms with Gasteiger partial charge in [0.25, 0.3) is 0 Å². The second-order valence-corrected chi connectivity index (χ2v) is 18.7. The van der Waals surface area contributed by atoms with Gasteiger partial charge in [0.05, 0.1) is 18.9 Å². The normalized spacial score (nSPS) is 41.9. The van der Waals surface area contributed by atoms with E-state index in [1.54, 1.807) is 7.11 Å². The molecule has 0 aromatic heterocycles. The summed E-state index contributed by atoms with van der Waals surface area (Å²) < 4.78 is 11.6. The number of anilines is 1. The second kappa shape index (κ2) is 11.0. The zero-order chi connectivity index (χ0) is 32.6. The Kier molecular flexibility index (Phi) is 8.05. The van der Waals surface area contributed by atoms with Gasteiger partial charge in [0.15, 0.2) is 0 Å². The summed E-state index contributed by atoms with van der Waals surface area (Å²) in [6.07, 6.45) is 13.1. The standard InChI is InChI=1S/C40H61NO4/c1-35(2,3)25-33(42)45-32-19-23-37(6)28(36(32,4)5)16-21-38(7)29(37)17-22-39(8)30(38)18-24-40(20-10-11-31(39)40)34(43)41-26-12-14-27(44-9)15-13-26/h12-15,28-32H,10-11,16-25H2,1-9H3,(H,41,43). The van der Waals surface area contributed by atoms with Crippen molar-refractivity contribution < 1.29 is 19.1 Å². The molecule has 5 heteroatoms. The summed E-state index contributed by atoms with van der Waals surface area (Å²) in [7, 11) is 1.68. The van der Waals surface area contributed by atoms with Gasteiger partial charge in [0.2, 0.25) is 5.91 Å². The largest absolute Gasteiger partial charge is 0.497 e. The number of hydrogen-bond donors (Lipinski definition) is 1. The molecule has 250 valence electrons. The van der Waals surface area contributed by atoms with Crippen molar-refractivity contribution in [1.82, 2.24) is 0 Å². The number of amides is 1. The first-order valence-corrected chi connectivity index (χ1v) is 18.1. The average molecular weight is 620 g/mol. The van der Waals surface area contributed by atoms with Crippen LogP contribution in [-0.4, -0.2) is 25.1 Å². The van der Waals surface area contributed by atoms with Crippen LogP contribution in [0.25, 0.3) is 0 Å². The molecule has 45 heavy (non-hydrogen) atoms. The Bertz CT molecular complexity index is 1300. The molecule has 0 heterocycles. The number of hydrogen-bond acceptors (Lipinski definition) is 4. The van der Waals surface area contributed by atoms with Gasteiger partial charge in [-0.15, -0.1) is 0 Å². The molecule has 1 N–H and O–H groups in total. The molecule has 5 fully saturated rings. The number of nitrogens with one attached hydrogen (secondary N) is 1. The van der Waals surface area contributed by atoms with Crippen LogP contribution in [0.3, 0.4) is 0 Å². The predicted octanol–water partition coefficient (Wildman–Crippen LogP) is 9.84. The Hall–Kier alpha value is -2.04. The molecule has 5 nitrogen and oxygen atoms in total. The van der Waals surface area contributed by atoms with E-state index in [-0.39, 0.29) is 50.5 Å². The molecular formula is C40H61NO4. The third-order valence-electron chi connectivity index (χ3n) is 14.8. The fraction of sp³-hybridized carbons (Fsp3) is 0.800. The Morgan fingerprint density at radius 3 is 1.93 bits per heavy atom. The van der Waals surface area contributed by atoms with E-state index in [1.807, 2.05) is 24.3 Å². The second-order valence-electron chi connectivity index (χ2n) is 18.7. The Labute approximate surface area is 273 Å². The molecule has 0 aliphatic heterocycles. The summed E-state index contributed by atoms with van der Waals surface area (Å²) in [6.45, 7) is 19.0. The fourth-order valence-corrected chi connectivity index (χ4v) is 13.0. The van der Waals surface area contributed by atoms with Gasteiger partial charge in [0, 0.05) is 11.1 Å². The maximum Gasteiger partial charge on any atom is 0.306 e. The smallest absolute Gasteiger partial charge is 0.306 e. The number of esters is 1. The number of carbonyl (C=O) groups excluding carboxylic acids is 2. The molecule has 1 aromatic rings. The van der Waals surface area contributed by atoms with Gasteiger partial charge in [-0.2, -0.15) is 0 Å². The first kappa shape index (κ1) is 32.9. The maximum atomic E-state index is 14.2. The van der Waals surface area contributed by atoms with Crippen LogP contribution in [0.15, 0.2) is 24.3 Å². The van der Waals surface area contributed by atoms with Crippen molar-refractivity contribution in [2.75, 3.05) is 12.4 Å². The van der Waals surface area contributed by atoms with Gasteiger partial charge in [-0.1, -0.05) is 61.8 Å². The third kappa shape index (κ3) is 5.16. The molecule has 5 aliphatic carbocycles. The van der Waals surface area contributed by atoms with E-state index in [0.29, 0.717) is 30.1 Å². The summed E-state index contributed by atoms with van der Waals surface area (Å²) >= 11 is 0. The van der Waals surface area contributed by atoms with Crippen molar-refractivity contribution in [1.29, 1.82) is 0 Å². The van der Waals surface area contributed by atoms with Crippen LogP contribution in [0.4, 0.5) is 5.69 Å². The molecule has 1 amide bonds. The lowest BCUT2D eigenvalue weighted by Gasteiger charge is -2.71. The lowest BCUT2D eigenvalue weighted by atomic mass is 9.33. The molecule has 5 aliphatic rings. The predicted molar refractivity (Wildman–Crippen MR) is 181 cm³/mol. The van der Waals surface area contributed by atoms with Crippen molar-refractivity contribution in [3.05, 3.63) is 24.3 Å².